The summed E-state index contributed by atoms with van der Waals surface area (Å²) in [6.07, 6.45) is 20.1. The van der Waals surface area contributed by atoms with Crippen LogP contribution in [0.2, 0.25) is 0 Å². The fourth-order valence-corrected chi connectivity index (χ4v) is 8.75. The van der Waals surface area contributed by atoms with Crippen LogP contribution in [0.5, 0.6) is 0 Å². The number of hydrogen-bond donors (Lipinski definition) is 0. The lowest BCUT2D eigenvalue weighted by Gasteiger charge is -2.27. The van der Waals surface area contributed by atoms with Gasteiger partial charge in [0.05, 0.1) is 0 Å². The molecule has 0 nitrogen and oxygen atoms in total. The molecule has 0 aromatic carbocycles. The Morgan fingerprint density at radius 3 is 1.00 bits per heavy atom. The van der Waals surface area contributed by atoms with Crippen molar-refractivity contribution in [3.63, 3.8) is 0 Å². The molecular weight excluding hydrogens is 376 g/mol. The minimum absolute atomic E-state index is 0.844. The van der Waals surface area contributed by atoms with Gasteiger partial charge in [-0.1, -0.05) is 38.5 Å². The van der Waals surface area contributed by atoms with Gasteiger partial charge in [0.1, 0.15) is 0 Å². The van der Waals surface area contributed by atoms with Crippen LogP contribution in [0.15, 0.2) is 24.3 Å². The minimum Gasteiger partial charge on any atom is -0.145 e. The first-order chi connectivity index (χ1) is 13.9. The zero-order chi connectivity index (χ0) is 18.8. The molecule has 0 aliphatic heterocycles. The average molecular weight is 413 g/mol. The van der Waals surface area contributed by atoms with Crippen molar-refractivity contribution in [3.8, 4) is 0 Å². The Morgan fingerprint density at radius 1 is 0.393 bits per heavy atom. The molecule has 0 spiro atoms. The molecule has 3 aliphatic rings. The summed E-state index contributed by atoms with van der Waals surface area (Å²) in [7, 11) is 0. The van der Waals surface area contributed by atoms with Crippen molar-refractivity contribution in [2.75, 3.05) is 0 Å². The lowest BCUT2D eigenvalue weighted by atomic mass is 9.80. The number of hydrogen-bond acceptors (Lipinski definition) is 2. The molecule has 0 radical (unpaired) electrons. The average Bonchev–Trinajstić information content (AvgIpc) is 3.46. The molecule has 3 aliphatic carbocycles. The van der Waals surface area contributed by atoms with Crippen molar-refractivity contribution in [1.82, 2.24) is 0 Å². The quantitative estimate of drug-likeness (QED) is 0.469. The van der Waals surface area contributed by atoms with E-state index in [1.54, 1.807) is 19.5 Å². The highest BCUT2D eigenvalue weighted by Gasteiger charge is 2.27. The molecule has 0 N–H and O–H groups in total. The summed E-state index contributed by atoms with van der Waals surface area (Å²) in [4.78, 5) is 6.81. The summed E-state index contributed by atoms with van der Waals surface area (Å²) < 4.78 is 0. The van der Waals surface area contributed by atoms with E-state index in [0.717, 1.165) is 23.7 Å². The highest BCUT2D eigenvalue weighted by Crippen LogP contribution is 2.47. The maximum absolute atomic E-state index is 2.49. The molecule has 28 heavy (non-hydrogen) atoms. The van der Waals surface area contributed by atoms with Gasteiger partial charge in [0.25, 0.3) is 0 Å². The zero-order valence-corrected chi connectivity index (χ0v) is 19.0. The van der Waals surface area contributed by atoms with E-state index in [0.29, 0.717) is 0 Å². The van der Waals surface area contributed by atoms with Crippen molar-refractivity contribution in [1.29, 1.82) is 0 Å². The van der Waals surface area contributed by atoms with Gasteiger partial charge in [-0.05, 0) is 99.3 Å². The first kappa shape index (κ1) is 19.4. The smallest absolute Gasteiger partial charge is 0.00792 e. The second-order valence-corrected chi connectivity index (χ2v) is 12.0. The van der Waals surface area contributed by atoms with Gasteiger partial charge >= 0.3 is 0 Å². The summed E-state index contributed by atoms with van der Waals surface area (Å²) >= 11 is 4.34. The Bertz CT molecular complexity index is 670. The Morgan fingerprint density at radius 2 is 0.679 bits per heavy atom. The normalized spacial score (nSPS) is 27.9. The second-order valence-electron chi connectivity index (χ2n) is 9.70. The molecule has 0 saturated heterocycles. The van der Waals surface area contributed by atoms with Crippen molar-refractivity contribution < 1.29 is 0 Å². The Hall–Kier alpha value is -0.600. The van der Waals surface area contributed by atoms with E-state index >= 15 is 0 Å². The molecule has 3 saturated carbocycles. The van der Waals surface area contributed by atoms with E-state index in [1.807, 2.05) is 0 Å². The monoisotopic (exact) mass is 412 g/mol. The molecule has 0 bridgehead atoms. The van der Waals surface area contributed by atoms with Crippen molar-refractivity contribution in [2.45, 2.75) is 114 Å². The third-order valence-corrected chi connectivity index (χ3v) is 10.7. The second kappa shape index (κ2) is 9.04. The van der Waals surface area contributed by atoms with Crippen molar-refractivity contribution in [2.24, 2.45) is 0 Å². The maximum atomic E-state index is 2.49. The maximum Gasteiger partial charge on any atom is 0.00792 e. The SMILES string of the molecule is c1cc(C2CCC(c3ccc(C4CCCCC4)s3)CC2)sc1C1CCCCC1. The van der Waals surface area contributed by atoms with Crippen LogP contribution in [0.25, 0.3) is 0 Å². The predicted octanol–water partition coefficient (Wildman–Crippen LogP) is 9.35. The van der Waals surface area contributed by atoms with Crippen LogP contribution in [0.1, 0.15) is 133 Å². The van der Waals surface area contributed by atoms with Crippen LogP contribution in [0.3, 0.4) is 0 Å². The summed E-state index contributed by atoms with van der Waals surface area (Å²) in [6.45, 7) is 0. The first-order valence-electron chi connectivity index (χ1n) is 12.1. The molecule has 0 amide bonds. The van der Waals surface area contributed by atoms with Gasteiger partial charge in [-0.15, -0.1) is 22.7 Å². The van der Waals surface area contributed by atoms with Gasteiger partial charge in [0.2, 0.25) is 0 Å². The van der Waals surface area contributed by atoms with Gasteiger partial charge in [0, 0.05) is 19.5 Å². The summed E-state index contributed by atoms with van der Waals surface area (Å²) in [5, 5.41) is 0. The lowest BCUT2D eigenvalue weighted by molar-refractivity contribution is 0.403. The Balaban J connectivity index is 1.17. The number of thiophene rings is 2. The summed E-state index contributed by atoms with van der Waals surface area (Å²) in [6, 6.07) is 9.95. The van der Waals surface area contributed by atoms with Gasteiger partial charge in [-0.2, -0.15) is 0 Å². The van der Waals surface area contributed by atoms with Gasteiger partial charge < -0.3 is 0 Å². The molecule has 3 fully saturated rings. The number of rotatable bonds is 4. The van der Waals surface area contributed by atoms with Crippen LogP contribution in [0.4, 0.5) is 0 Å². The summed E-state index contributed by atoms with van der Waals surface area (Å²) in [5.74, 6) is 3.45. The van der Waals surface area contributed by atoms with E-state index in [-0.39, 0.29) is 0 Å². The fourth-order valence-electron chi connectivity index (χ4n) is 6.05. The predicted molar refractivity (Wildman–Crippen MR) is 124 cm³/mol. The van der Waals surface area contributed by atoms with E-state index in [2.05, 4.69) is 46.9 Å². The van der Waals surface area contributed by atoms with E-state index in [9.17, 15) is 0 Å². The molecule has 2 heteroatoms. The van der Waals surface area contributed by atoms with Gasteiger partial charge in [0.15, 0.2) is 0 Å². The van der Waals surface area contributed by atoms with Crippen LogP contribution in [-0.2, 0) is 0 Å². The van der Waals surface area contributed by atoms with Crippen LogP contribution in [-0.4, -0.2) is 0 Å². The van der Waals surface area contributed by atoms with E-state index in [4.69, 9.17) is 0 Å². The first-order valence-corrected chi connectivity index (χ1v) is 13.7. The van der Waals surface area contributed by atoms with Crippen LogP contribution in [0, 0.1) is 0 Å². The third-order valence-electron chi connectivity index (χ3n) is 7.84. The zero-order valence-electron chi connectivity index (χ0n) is 17.3. The molecule has 0 atom stereocenters. The van der Waals surface area contributed by atoms with E-state index in [1.165, 1.54) is 89.9 Å². The molecular formula is C26H36S2. The molecule has 152 valence electrons. The summed E-state index contributed by atoms with van der Waals surface area (Å²) in [5.41, 5.74) is 0. The Kier molecular flexibility index (Phi) is 6.26. The van der Waals surface area contributed by atoms with Gasteiger partial charge in [-0.25, -0.2) is 0 Å². The van der Waals surface area contributed by atoms with Gasteiger partial charge in [-0.3, -0.25) is 0 Å². The molecule has 0 unspecified atom stereocenters. The van der Waals surface area contributed by atoms with Crippen molar-refractivity contribution in [3.05, 3.63) is 43.8 Å². The van der Waals surface area contributed by atoms with Crippen LogP contribution < -0.4 is 0 Å². The highest BCUT2D eigenvalue weighted by atomic mass is 32.1. The molecule has 2 aromatic heterocycles. The lowest BCUT2D eigenvalue weighted by Crippen LogP contribution is -2.10. The largest absolute Gasteiger partial charge is 0.145 e. The van der Waals surface area contributed by atoms with Crippen molar-refractivity contribution >= 4 is 22.7 Å². The fraction of sp³-hybridized carbons (Fsp3) is 0.692. The highest BCUT2D eigenvalue weighted by molar-refractivity contribution is 7.12. The minimum atomic E-state index is 0.844. The topological polar surface area (TPSA) is 0 Å². The van der Waals surface area contributed by atoms with Crippen LogP contribution >= 0.6 is 22.7 Å². The van der Waals surface area contributed by atoms with E-state index < -0.39 is 0 Å². The Labute approximate surface area is 179 Å². The third kappa shape index (κ3) is 4.29. The molecule has 5 rings (SSSR count). The molecule has 2 heterocycles. The molecule has 2 aromatic rings. The standard InChI is InChI=1S/C26H36S2/c1-3-7-19(8-4-1)23-15-17-25(27-23)21-11-13-22(14-12-21)26-18-16-24(28-26)20-9-5-2-6-10-20/h15-22H,1-14H2.